The number of hydrogen-bond donors (Lipinski definition) is 0. The molecule has 0 radical (unpaired) electrons. The zero-order valence-corrected chi connectivity index (χ0v) is 15.7. The molecule has 2 aliphatic rings. The van der Waals surface area contributed by atoms with Crippen LogP contribution in [-0.2, 0) is 10.2 Å². The molecule has 3 rings (SSSR count). The molecule has 0 N–H and O–H groups in total. The lowest BCUT2D eigenvalue weighted by atomic mass is 10.1. The van der Waals surface area contributed by atoms with Gasteiger partial charge in [0.2, 0.25) is 0 Å². The first-order valence-electron chi connectivity index (χ1n) is 9.06. The number of benzene rings is 1. The van der Waals surface area contributed by atoms with Gasteiger partial charge in [0.05, 0.1) is 0 Å². The van der Waals surface area contributed by atoms with Crippen molar-refractivity contribution in [2.75, 3.05) is 44.2 Å². The Labute approximate surface area is 146 Å². The molecule has 5 nitrogen and oxygen atoms in total. The van der Waals surface area contributed by atoms with Crippen molar-refractivity contribution in [3.8, 4) is 0 Å². The van der Waals surface area contributed by atoms with Crippen LogP contribution in [0.4, 0.5) is 5.69 Å². The lowest BCUT2D eigenvalue weighted by Crippen LogP contribution is -2.53. The van der Waals surface area contributed by atoms with Crippen molar-refractivity contribution in [2.24, 2.45) is 0 Å². The van der Waals surface area contributed by atoms with Crippen LogP contribution in [0.3, 0.4) is 0 Å². The van der Waals surface area contributed by atoms with Crippen molar-refractivity contribution >= 4 is 15.9 Å². The fourth-order valence-corrected chi connectivity index (χ4v) is 5.34. The molecule has 0 bridgehead atoms. The Kier molecular flexibility index (Phi) is 5.47. The molecular formula is C18H29N3O2S. The van der Waals surface area contributed by atoms with E-state index in [9.17, 15) is 8.42 Å². The van der Waals surface area contributed by atoms with Gasteiger partial charge in [0.25, 0.3) is 10.2 Å². The zero-order valence-electron chi connectivity index (χ0n) is 14.9. The molecule has 2 saturated heterocycles. The molecule has 2 heterocycles. The lowest BCUT2D eigenvalue weighted by Gasteiger charge is -2.38. The normalized spacial score (nSPS) is 21.7. The van der Waals surface area contributed by atoms with Crippen LogP contribution in [-0.4, -0.2) is 56.3 Å². The summed E-state index contributed by atoms with van der Waals surface area (Å²) >= 11 is 0. The van der Waals surface area contributed by atoms with Gasteiger partial charge in [0, 0.05) is 45.0 Å². The Morgan fingerprint density at radius 1 is 0.792 bits per heavy atom. The van der Waals surface area contributed by atoms with Gasteiger partial charge in [0.15, 0.2) is 0 Å². The maximum absolute atomic E-state index is 12.9. The maximum Gasteiger partial charge on any atom is 0.282 e. The Morgan fingerprint density at radius 3 is 2.00 bits per heavy atom. The van der Waals surface area contributed by atoms with Crippen LogP contribution in [0.2, 0.25) is 0 Å². The average Bonchev–Trinajstić information content (AvgIpc) is 2.87. The molecule has 134 valence electrons. The number of anilines is 1. The minimum Gasteiger partial charge on any atom is -0.369 e. The summed E-state index contributed by atoms with van der Waals surface area (Å²) in [6.45, 7) is 8.30. The van der Waals surface area contributed by atoms with E-state index < -0.39 is 10.2 Å². The quantitative estimate of drug-likeness (QED) is 0.841. The zero-order chi connectivity index (χ0) is 17.2. The Balaban J connectivity index is 1.67. The first-order valence-corrected chi connectivity index (χ1v) is 10.5. The SMILES string of the molecule is Cc1cccc(N2CCN(S(=O)(=O)N3CCCCCC3)CC2)c1C. The van der Waals surface area contributed by atoms with E-state index in [-0.39, 0.29) is 0 Å². The monoisotopic (exact) mass is 351 g/mol. The number of aryl methyl sites for hydroxylation is 1. The lowest BCUT2D eigenvalue weighted by molar-refractivity contribution is 0.327. The fourth-order valence-electron chi connectivity index (χ4n) is 3.67. The van der Waals surface area contributed by atoms with Crippen LogP contribution < -0.4 is 4.90 Å². The van der Waals surface area contributed by atoms with Gasteiger partial charge in [-0.25, -0.2) is 0 Å². The van der Waals surface area contributed by atoms with E-state index in [1.165, 1.54) is 16.8 Å². The summed E-state index contributed by atoms with van der Waals surface area (Å²) in [5.41, 5.74) is 3.82. The van der Waals surface area contributed by atoms with Gasteiger partial charge in [-0.3, -0.25) is 0 Å². The van der Waals surface area contributed by atoms with E-state index in [0.717, 1.165) is 38.8 Å². The van der Waals surface area contributed by atoms with E-state index in [2.05, 4.69) is 36.9 Å². The minimum absolute atomic E-state index is 0.576. The molecule has 0 unspecified atom stereocenters. The second-order valence-corrected chi connectivity index (χ2v) is 8.85. The molecule has 2 fully saturated rings. The molecule has 0 saturated carbocycles. The summed E-state index contributed by atoms with van der Waals surface area (Å²) in [6.07, 6.45) is 4.27. The van der Waals surface area contributed by atoms with Crippen LogP contribution in [0, 0.1) is 13.8 Å². The van der Waals surface area contributed by atoms with Gasteiger partial charge in [-0.1, -0.05) is 25.0 Å². The number of nitrogens with zero attached hydrogens (tertiary/aromatic N) is 3. The van der Waals surface area contributed by atoms with Gasteiger partial charge < -0.3 is 4.90 Å². The van der Waals surface area contributed by atoms with Crippen LogP contribution >= 0.6 is 0 Å². The summed E-state index contributed by atoms with van der Waals surface area (Å²) < 4.78 is 29.2. The highest BCUT2D eigenvalue weighted by atomic mass is 32.2. The minimum atomic E-state index is -3.29. The molecule has 2 aliphatic heterocycles. The van der Waals surface area contributed by atoms with E-state index in [1.54, 1.807) is 8.61 Å². The smallest absolute Gasteiger partial charge is 0.282 e. The van der Waals surface area contributed by atoms with Crippen molar-refractivity contribution in [3.63, 3.8) is 0 Å². The third-order valence-corrected chi connectivity index (χ3v) is 7.41. The van der Waals surface area contributed by atoms with Crippen LogP contribution in [0.1, 0.15) is 36.8 Å². The number of hydrogen-bond acceptors (Lipinski definition) is 3. The van der Waals surface area contributed by atoms with Crippen molar-refractivity contribution in [2.45, 2.75) is 39.5 Å². The molecule has 0 aromatic heterocycles. The predicted molar refractivity (Wildman–Crippen MR) is 98.7 cm³/mol. The Bertz CT molecular complexity index is 659. The topological polar surface area (TPSA) is 43.9 Å². The second-order valence-electron chi connectivity index (χ2n) is 6.93. The van der Waals surface area contributed by atoms with E-state index in [0.29, 0.717) is 26.2 Å². The molecule has 1 aromatic rings. The molecule has 1 aromatic carbocycles. The molecule has 0 aliphatic carbocycles. The summed E-state index contributed by atoms with van der Waals surface area (Å²) in [7, 11) is -3.29. The summed E-state index contributed by atoms with van der Waals surface area (Å²) in [5, 5.41) is 0. The van der Waals surface area contributed by atoms with Gasteiger partial charge >= 0.3 is 0 Å². The van der Waals surface area contributed by atoms with Crippen molar-refractivity contribution in [3.05, 3.63) is 29.3 Å². The van der Waals surface area contributed by atoms with Crippen molar-refractivity contribution in [1.82, 2.24) is 8.61 Å². The molecule has 6 heteroatoms. The first-order chi connectivity index (χ1) is 11.5. The second kappa shape index (κ2) is 7.42. The van der Waals surface area contributed by atoms with E-state index in [1.807, 2.05) is 0 Å². The van der Waals surface area contributed by atoms with E-state index >= 15 is 0 Å². The van der Waals surface area contributed by atoms with Gasteiger partial charge in [-0.15, -0.1) is 0 Å². The van der Waals surface area contributed by atoms with Crippen LogP contribution in [0.5, 0.6) is 0 Å². The fraction of sp³-hybridized carbons (Fsp3) is 0.667. The van der Waals surface area contributed by atoms with Crippen LogP contribution in [0.25, 0.3) is 0 Å². The van der Waals surface area contributed by atoms with Gasteiger partial charge in [-0.2, -0.15) is 17.0 Å². The maximum atomic E-state index is 12.9. The molecule has 0 atom stereocenters. The number of piperazine rings is 1. The highest BCUT2D eigenvalue weighted by Crippen LogP contribution is 2.25. The summed E-state index contributed by atoms with van der Waals surface area (Å²) in [4.78, 5) is 2.32. The molecule has 0 spiro atoms. The summed E-state index contributed by atoms with van der Waals surface area (Å²) in [5.74, 6) is 0. The highest BCUT2D eigenvalue weighted by molar-refractivity contribution is 7.86. The molecule has 24 heavy (non-hydrogen) atoms. The number of rotatable bonds is 3. The Morgan fingerprint density at radius 2 is 1.38 bits per heavy atom. The van der Waals surface area contributed by atoms with Gasteiger partial charge in [0.1, 0.15) is 0 Å². The summed E-state index contributed by atoms with van der Waals surface area (Å²) in [6, 6.07) is 6.35. The third-order valence-electron chi connectivity index (χ3n) is 5.37. The third kappa shape index (κ3) is 3.60. The largest absolute Gasteiger partial charge is 0.369 e. The average molecular weight is 352 g/mol. The van der Waals surface area contributed by atoms with Crippen molar-refractivity contribution < 1.29 is 8.42 Å². The molecular weight excluding hydrogens is 322 g/mol. The van der Waals surface area contributed by atoms with E-state index in [4.69, 9.17) is 0 Å². The standard InChI is InChI=1S/C18H29N3O2S/c1-16-8-7-9-18(17(16)2)19-12-14-21(15-13-19)24(22,23)20-10-5-3-4-6-11-20/h7-9H,3-6,10-15H2,1-2H3. The predicted octanol–water partition coefficient (Wildman–Crippen LogP) is 2.55. The van der Waals surface area contributed by atoms with Crippen molar-refractivity contribution in [1.29, 1.82) is 0 Å². The highest BCUT2D eigenvalue weighted by Gasteiger charge is 2.32. The Hall–Kier alpha value is -1.11. The van der Waals surface area contributed by atoms with Gasteiger partial charge in [-0.05, 0) is 43.9 Å². The van der Waals surface area contributed by atoms with Crippen LogP contribution in [0.15, 0.2) is 18.2 Å². The first kappa shape index (κ1) is 17.7. The molecule has 0 amide bonds.